The van der Waals surface area contributed by atoms with Gasteiger partial charge in [-0.15, -0.1) is 11.3 Å². The van der Waals surface area contributed by atoms with Crippen molar-refractivity contribution in [1.82, 2.24) is 4.98 Å². The third-order valence-electron chi connectivity index (χ3n) is 3.09. The van der Waals surface area contributed by atoms with E-state index in [4.69, 9.17) is 10.7 Å². The van der Waals surface area contributed by atoms with Gasteiger partial charge >= 0.3 is 0 Å². The highest BCUT2D eigenvalue weighted by molar-refractivity contribution is 7.09. The molecule has 98 valence electrons. The van der Waals surface area contributed by atoms with Crippen molar-refractivity contribution < 1.29 is 0 Å². The van der Waals surface area contributed by atoms with E-state index >= 15 is 0 Å². The second kappa shape index (κ2) is 5.49. The Hall–Kier alpha value is -0.410. The van der Waals surface area contributed by atoms with Crippen molar-refractivity contribution >= 4 is 11.3 Å². The van der Waals surface area contributed by atoms with Crippen molar-refractivity contribution in [2.75, 3.05) is 0 Å². The molecule has 0 aliphatic rings. The fourth-order valence-corrected chi connectivity index (χ4v) is 3.30. The molecule has 0 aromatic carbocycles. The van der Waals surface area contributed by atoms with Gasteiger partial charge in [0, 0.05) is 10.8 Å². The van der Waals surface area contributed by atoms with E-state index in [0.717, 1.165) is 30.7 Å². The summed E-state index contributed by atoms with van der Waals surface area (Å²) in [5.41, 5.74) is 7.62. The Morgan fingerprint density at radius 3 is 2.06 bits per heavy atom. The summed E-state index contributed by atoms with van der Waals surface area (Å²) >= 11 is 1.73. The quantitative estimate of drug-likeness (QED) is 0.855. The van der Waals surface area contributed by atoms with Crippen LogP contribution in [-0.4, -0.2) is 4.98 Å². The Labute approximate surface area is 110 Å². The van der Waals surface area contributed by atoms with Gasteiger partial charge < -0.3 is 5.73 Å². The monoisotopic (exact) mass is 254 g/mol. The van der Waals surface area contributed by atoms with E-state index < -0.39 is 0 Å². The first-order valence-electron chi connectivity index (χ1n) is 6.59. The van der Waals surface area contributed by atoms with Crippen LogP contribution in [0.2, 0.25) is 0 Å². The molecular formula is C14H26N2S. The summed E-state index contributed by atoms with van der Waals surface area (Å²) in [6.45, 7) is 11.0. The third kappa shape index (κ3) is 3.52. The first kappa shape index (κ1) is 14.7. The summed E-state index contributed by atoms with van der Waals surface area (Å²) in [7, 11) is 0. The molecular weight excluding hydrogens is 228 g/mol. The lowest BCUT2D eigenvalue weighted by molar-refractivity contribution is 0.366. The van der Waals surface area contributed by atoms with Gasteiger partial charge in [-0.25, -0.2) is 4.98 Å². The molecule has 2 N–H and O–H groups in total. The van der Waals surface area contributed by atoms with Gasteiger partial charge in [-0.05, 0) is 12.8 Å². The van der Waals surface area contributed by atoms with E-state index in [-0.39, 0.29) is 11.0 Å². The molecule has 0 saturated carbocycles. The lowest BCUT2D eigenvalue weighted by atomic mass is 9.89. The van der Waals surface area contributed by atoms with Gasteiger partial charge in [-0.3, -0.25) is 0 Å². The van der Waals surface area contributed by atoms with Gasteiger partial charge in [0.2, 0.25) is 0 Å². The van der Waals surface area contributed by atoms with Crippen molar-refractivity contribution in [3.05, 3.63) is 16.1 Å². The van der Waals surface area contributed by atoms with E-state index in [0.29, 0.717) is 0 Å². The summed E-state index contributed by atoms with van der Waals surface area (Å²) in [4.78, 5) is 4.78. The lowest BCUT2D eigenvalue weighted by Crippen LogP contribution is -2.36. The fourth-order valence-electron chi connectivity index (χ4n) is 2.08. The maximum atomic E-state index is 6.54. The minimum absolute atomic E-state index is 0.119. The molecule has 0 bridgehead atoms. The Morgan fingerprint density at radius 1 is 1.18 bits per heavy atom. The minimum atomic E-state index is -0.211. The average Bonchev–Trinajstić information content (AvgIpc) is 2.66. The smallest absolute Gasteiger partial charge is 0.113 e. The Morgan fingerprint density at radius 2 is 1.71 bits per heavy atom. The zero-order valence-corrected chi connectivity index (χ0v) is 12.7. The molecule has 17 heavy (non-hydrogen) atoms. The number of rotatable bonds is 5. The van der Waals surface area contributed by atoms with Crippen molar-refractivity contribution in [1.29, 1.82) is 0 Å². The molecule has 1 aromatic heterocycles. The maximum Gasteiger partial charge on any atom is 0.113 e. The number of hydrogen-bond donors (Lipinski definition) is 1. The first-order valence-corrected chi connectivity index (χ1v) is 7.47. The van der Waals surface area contributed by atoms with Crippen molar-refractivity contribution in [3.63, 3.8) is 0 Å². The van der Waals surface area contributed by atoms with Crippen LogP contribution in [0.4, 0.5) is 0 Å². The summed E-state index contributed by atoms with van der Waals surface area (Å²) in [5.74, 6) is 0. The SMILES string of the molecule is CCCC(N)(CCC)c1nc(C(C)(C)C)cs1. The van der Waals surface area contributed by atoms with Crippen LogP contribution in [0.15, 0.2) is 5.38 Å². The molecule has 0 amide bonds. The van der Waals surface area contributed by atoms with Crippen LogP contribution in [0.5, 0.6) is 0 Å². The number of thiazole rings is 1. The lowest BCUT2D eigenvalue weighted by Gasteiger charge is -2.26. The normalized spacial score (nSPS) is 13.1. The summed E-state index contributed by atoms with van der Waals surface area (Å²) in [5, 5.41) is 3.29. The average molecular weight is 254 g/mol. The molecule has 0 aliphatic carbocycles. The number of aromatic nitrogens is 1. The van der Waals surface area contributed by atoms with Crippen molar-refractivity contribution in [2.24, 2.45) is 5.73 Å². The molecule has 1 heterocycles. The van der Waals surface area contributed by atoms with Crippen LogP contribution in [0.3, 0.4) is 0 Å². The highest BCUT2D eigenvalue weighted by Gasteiger charge is 2.30. The van der Waals surface area contributed by atoms with Crippen LogP contribution in [0, 0.1) is 0 Å². The van der Waals surface area contributed by atoms with Crippen LogP contribution in [0.1, 0.15) is 71.0 Å². The zero-order valence-electron chi connectivity index (χ0n) is 11.8. The number of hydrogen-bond acceptors (Lipinski definition) is 3. The molecule has 0 aliphatic heterocycles. The van der Waals surface area contributed by atoms with E-state index in [1.54, 1.807) is 11.3 Å². The second-order valence-electron chi connectivity index (χ2n) is 5.94. The standard InChI is InChI=1S/C14H26N2S/c1-6-8-14(15,9-7-2)12-16-11(10-17-12)13(3,4)5/h10H,6-9,15H2,1-5H3. The summed E-state index contributed by atoms with van der Waals surface area (Å²) in [6, 6.07) is 0. The zero-order chi connectivity index (χ0) is 13.1. The van der Waals surface area contributed by atoms with Gasteiger partial charge in [-0.2, -0.15) is 0 Å². The van der Waals surface area contributed by atoms with E-state index in [9.17, 15) is 0 Å². The van der Waals surface area contributed by atoms with E-state index in [1.807, 2.05) is 0 Å². The van der Waals surface area contributed by atoms with E-state index in [1.165, 1.54) is 5.69 Å². The number of nitrogens with zero attached hydrogens (tertiary/aromatic N) is 1. The molecule has 0 atom stereocenters. The second-order valence-corrected chi connectivity index (χ2v) is 6.80. The maximum absolute atomic E-state index is 6.54. The van der Waals surface area contributed by atoms with Crippen LogP contribution < -0.4 is 5.73 Å². The molecule has 0 spiro atoms. The first-order chi connectivity index (χ1) is 7.83. The minimum Gasteiger partial charge on any atom is -0.319 e. The van der Waals surface area contributed by atoms with Gasteiger partial charge in [-0.1, -0.05) is 47.5 Å². The predicted molar refractivity (Wildman–Crippen MR) is 76.5 cm³/mol. The Bertz CT molecular complexity index is 343. The Balaban J connectivity index is 3.00. The van der Waals surface area contributed by atoms with Gasteiger partial charge in [0.05, 0.1) is 11.2 Å². The molecule has 0 radical (unpaired) electrons. The van der Waals surface area contributed by atoms with Gasteiger partial charge in [0.25, 0.3) is 0 Å². The molecule has 1 rings (SSSR count). The predicted octanol–water partition coefficient (Wildman–Crippen LogP) is 4.19. The molecule has 0 fully saturated rings. The number of nitrogens with two attached hydrogens (primary N) is 1. The van der Waals surface area contributed by atoms with Crippen LogP contribution in [0.25, 0.3) is 0 Å². The topological polar surface area (TPSA) is 38.9 Å². The highest BCUT2D eigenvalue weighted by atomic mass is 32.1. The fraction of sp³-hybridized carbons (Fsp3) is 0.786. The van der Waals surface area contributed by atoms with Crippen LogP contribution >= 0.6 is 11.3 Å². The molecule has 2 nitrogen and oxygen atoms in total. The molecule has 0 unspecified atom stereocenters. The van der Waals surface area contributed by atoms with E-state index in [2.05, 4.69) is 40.0 Å². The third-order valence-corrected chi connectivity index (χ3v) is 4.15. The van der Waals surface area contributed by atoms with Crippen molar-refractivity contribution in [3.8, 4) is 0 Å². The molecule has 0 saturated heterocycles. The van der Waals surface area contributed by atoms with Crippen molar-refractivity contribution in [2.45, 2.75) is 71.3 Å². The van der Waals surface area contributed by atoms with Crippen LogP contribution in [-0.2, 0) is 11.0 Å². The highest BCUT2D eigenvalue weighted by Crippen LogP contribution is 2.33. The summed E-state index contributed by atoms with van der Waals surface area (Å²) in [6.07, 6.45) is 4.28. The molecule has 1 aromatic rings. The van der Waals surface area contributed by atoms with Gasteiger partial charge in [0.1, 0.15) is 5.01 Å². The Kier molecular flexibility index (Phi) is 4.73. The largest absolute Gasteiger partial charge is 0.319 e. The van der Waals surface area contributed by atoms with Gasteiger partial charge in [0.15, 0.2) is 0 Å². The molecule has 3 heteroatoms. The summed E-state index contributed by atoms with van der Waals surface area (Å²) < 4.78 is 0.